The lowest BCUT2D eigenvalue weighted by Crippen LogP contribution is -2.45. The summed E-state index contributed by atoms with van der Waals surface area (Å²) >= 11 is 0. The molecule has 3 aromatic rings. The molecule has 2 N–H and O–H groups in total. The lowest BCUT2D eigenvalue weighted by Gasteiger charge is -2.28. The van der Waals surface area contributed by atoms with Crippen molar-refractivity contribution >= 4 is 16.9 Å². The number of amides is 2. The van der Waals surface area contributed by atoms with Crippen molar-refractivity contribution in [1.29, 1.82) is 0 Å². The summed E-state index contributed by atoms with van der Waals surface area (Å²) in [6.07, 6.45) is 5.46. The fourth-order valence-corrected chi connectivity index (χ4v) is 4.77. The molecular formula is C27H31N3O5. The number of methoxy groups -OCH3 is 1. The van der Waals surface area contributed by atoms with Gasteiger partial charge in [-0.05, 0) is 42.7 Å². The Hall–Kier alpha value is -3.68. The van der Waals surface area contributed by atoms with Gasteiger partial charge in [-0.25, -0.2) is 4.79 Å². The summed E-state index contributed by atoms with van der Waals surface area (Å²) in [5.74, 6) is 2.04. The number of carbonyl (C=O) groups is 1. The number of rotatable bonds is 6. The van der Waals surface area contributed by atoms with Crippen LogP contribution in [0, 0.1) is 0 Å². The Morgan fingerprint density at radius 1 is 1.03 bits per heavy atom. The molecule has 2 aliphatic rings. The fraction of sp³-hybridized carbons (Fsp3) is 0.407. The van der Waals surface area contributed by atoms with Crippen molar-refractivity contribution in [3.05, 3.63) is 63.9 Å². The maximum absolute atomic E-state index is 13.4. The van der Waals surface area contributed by atoms with Gasteiger partial charge in [-0.1, -0.05) is 31.4 Å². The number of aromatic amines is 1. The van der Waals surface area contributed by atoms with E-state index in [4.69, 9.17) is 14.2 Å². The van der Waals surface area contributed by atoms with Gasteiger partial charge in [-0.15, -0.1) is 0 Å². The highest BCUT2D eigenvalue weighted by Crippen LogP contribution is 2.33. The number of benzene rings is 2. The van der Waals surface area contributed by atoms with Crippen LogP contribution < -0.4 is 25.1 Å². The molecule has 184 valence electrons. The van der Waals surface area contributed by atoms with Gasteiger partial charge in [0, 0.05) is 29.6 Å². The Morgan fingerprint density at radius 3 is 2.46 bits per heavy atom. The van der Waals surface area contributed by atoms with Crippen molar-refractivity contribution in [2.75, 3.05) is 20.3 Å². The zero-order valence-electron chi connectivity index (χ0n) is 20.0. The molecule has 1 aromatic heterocycles. The number of H-pyrrole nitrogens is 1. The van der Waals surface area contributed by atoms with Crippen LogP contribution in [0.2, 0.25) is 0 Å². The molecule has 8 heteroatoms. The molecule has 0 atom stereocenters. The predicted octanol–water partition coefficient (Wildman–Crippen LogP) is 4.35. The zero-order chi connectivity index (χ0) is 24.2. The van der Waals surface area contributed by atoms with Gasteiger partial charge in [0.05, 0.1) is 19.2 Å². The summed E-state index contributed by atoms with van der Waals surface area (Å²) in [6.45, 7) is 1.54. The molecule has 0 bridgehead atoms. The van der Waals surface area contributed by atoms with Crippen molar-refractivity contribution in [1.82, 2.24) is 15.2 Å². The second kappa shape index (κ2) is 10.3. The summed E-state index contributed by atoms with van der Waals surface area (Å²) in [5.41, 5.74) is 1.93. The molecule has 0 saturated heterocycles. The standard InChI is InChI=1S/C27H31N3O5/c1-33-22-9-7-18(8-10-22)16-30(27(32)28-21-5-3-2-4-6-21)17-20-13-19-14-24-25(35-12-11-34-24)15-23(19)29-26(20)31/h7-10,13-15,21H,2-6,11-12,16-17H2,1H3,(H,28,32)(H,29,31). The Labute approximate surface area is 204 Å². The van der Waals surface area contributed by atoms with Crippen LogP contribution in [0.4, 0.5) is 4.79 Å². The first kappa shape index (κ1) is 23.1. The number of hydrogen-bond acceptors (Lipinski definition) is 5. The van der Waals surface area contributed by atoms with Gasteiger partial charge >= 0.3 is 6.03 Å². The zero-order valence-corrected chi connectivity index (χ0v) is 20.0. The van der Waals surface area contributed by atoms with Crippen LogP contribution >= 0.6 is 0 Å². The fourth-order valence-electron chi connectivity index (χ4n) is 4.77. The highest BCUT2D eigenvalue weighted by atomic mass is 16.6. The van der Waals surface area contributed by atoms with E-state index in [0.717, 1.165) is 42.4 Å². The smallest absolute Gasteiger partial charge is 0.318 e. The van der Waals surface area contributed by atoms with Gasteiger partial charge in [0.2, 0.25) is 0 Å². The number of pyridine rings is 1. The second-order valence-corrected chi connectivity index (χ2v) is 9.20. The van der Waals surface area contributed by atoms with E-state index in [-0.39, 0.29) is 24.2 Å². The third-order valence-corrected chi connectivity index (χ3v) is 6.70. The summed E-state index contributed by atoms with van der Waals surface area (Å²) < 4.78 is 16.6. The average molecular weight is 478 g/mol. The minimum atomic E-state index is -0.223. The molecule has 1 aliphatic heterocycles. The van der Waals surface area contributed by atoms with Crippen molar-refractivity contribution in [2.45, 2.75) is 51.2 Å². The average Bonchev–Trinajstić information content (AvgIpc) is 2.88. The number of ether oxygens (including phenoxy) is 3. The first-order chi connectivity index (χ1) is 17.1. The molecule has 5 rings (SSSR count). The quantitative estimate of drug-likeness (QED) is 0.551. The van der Waals surface area contributed by atoms with Gasteiger partial charge in [0.15, 0.2) is 11.5 Å². The molecular weight excluding hydrogens is 446 g/mol. The van der Waals surface area contributed by atoms with Crippen molar-refractivity contribution in [3.63, 3.8) is 0 Å². The summed E-state index contributed by atoms with van der Waals surface area (Å²) in [7, 11) is 1.62. The lowest BCUT2D eigenvalue weighted by molar-refractivity contribution is 0.172. The molecule has 2 aromatic carbocycles. The normalized spacial score (nSPS) is 15.6. The minimum Gasteiger partial charge on any atom is -0.497 e. The number of urea groups is 1. The number of carbonyl (C=O) groups excluding carboxylic acids is 1. The Morgan fingerprint density at radius 2 is 1.74 bits per heavy atom. The highest BCUT2D eigenvalue weighted by molar-refractivity contribution is 5.83. The van der Waals surface area contributed by atoms with Crippen LogP contribution in [0.25, 0.3) is 10.9 Å². The number of nitrogens with one attached hydrogen (secondary N) is 2. The van der Waals surface area contributed by atoms with E-state index in [1.54, 1.807) is 18.1 Å². The molecule has 2 heterocycles. The molecule has 1 saturated carbocycles. The summed E-state index contributed by atoms with van der Waals surface area (Å²) in [5, 5.41) is 4.03. The highest BCUT2D eigenvalue weighted by Gasteiger charge is 2.22. The van der Waals surface area contributed by atoms with Gasteiger partial charge in [0.25, 0.3) is 5.56 Å². The maximum atomic E-state index is 13.4. The first-order valence-electron chi connectivity index (χ1n) is 12.2. The number of nitrogens with zero attached hydrogens (tertiary/aromatic N) is 1. The third-order valence-electron chi connectivity index (χ3n) is 6.70. The molecule has 0 radical (unpaired) electrons. The molecule has 1 fully saturated rings. The van der Waals surface area contributed by atoms with Crippen LogP contribution in [0.5, 0.6) is 17.2 Å². The molecule has 8 nitrogen and oxygen atoms in total. The van der Waals surface area contributed by atoms with Crippen LogP contribution in [0.15, 0.2) is 47.3 Å². The summed E-state index contributed by atoms with van der Waals surface area (Å²) in [4.78, 5) is 31.0. The number of hydrogen-bond donors (Lipinski definition) is 2. The monoisotopic (exact) mass is 477 g/mol. The SMILES string of the molecule is COc1ccc(CN(Cc2cc3cc4c(cc3[nH]c2=O)OCCO4)C(=O)NC2CCCCC2)cc1. The van der Waals surface area contributed by atoms with E-state index < -0.39 is 0 Å². The Bertz CT molecular complexity index is 1250. The number of fused-ring (bicyclic) bond motifs is 2. The Kier molecular flexibility index (Phi) is 6.79. The second-order valence-electron chi connectivity index (χ2n) is 9.20. The molecule has 1 aliphatic carbocycles. The summed E-state index contributed by atoms with van der Waals surface area (Å²) in [6, 6.07) is 13.1. The first-order valence-corrected chi connectivity index (χ1v) is 12.2. The van der Waals surface area contributed by atoms with Gasteiger partial charge in [0.1, 0.15) is 19.0 Å². The molecule has 2 amide bonds. The number of aromatic nitrogens is 1. The molecule has 0 unspecified atom stereocenters. The topological polar surface area (TPSA) is 92.9 Å². The van der Waals surface area contributed by atoms with E-state index in [0.29, 0.717) is 42.3 Å². The van der Waals surface area contributed by atoms with Gasteiger partial charge in [-0.3, -0.25) is 4.79 Å². The van der Waals surface area contributed by atoms with Gasteiger partial charge in [-0.2, -0.15) is 0 Å². The van der Waals surface area contributed by atoms with E-state index in [1.807, 2.05) is 36.4 Å². The van der Waals surface area contributed by atoms with Gasteiger partial charge < -0.3 is 29.4 Å². The van der Waals surface area contributed by atoms with E-state index in [2.05, 4.69) is 10.3 Å². The van der Waals surface area contributed by atoms with Crippen molar-refractivity contribution in [2.24, 2.45) is 0 Å². The van der Waals surface area contributed by atoms with Crippen LogP contribution in [-0.2, 0) is 13.1 Å². The van der Waals surface area contributed by atoms with E-state index in [1.165, 1.54) is 6.42 Å². The van der Waals surface area contributed by atoms with Crippen LogP contribution in [-0.4, -0.2) is 42.3 Å². The van der Waals surface area contributed by atoms with Crippen LogP contribution in [0.1, 0.15) is 43.2 Å². The molecule has 0 spiro atoms. The predicted molar refractivity (Wildman–Crippen MR) is 133 cm³/mol. The van der Waals surface area contributed by atoms with Crippen LogP contribution in [0.3, 0.4) is 0 Å². The van der Waals surface area contributed by atoms with E-state index in [9.17, 15) is 9.59 Å². The van der Waals surface area contributed by atoms with Crippen molar-refractivity contribution in [3.8, 4) is 17.2 Å². The van der Waals surface area contributed by atoms with E-state index >= 15 is 0 Å². The third kappa shape index (κ3) is 5.37. The van der Waals surface area contributed by atoms with Crippen molar-refractivity contribution < 1.29 is 19.0 Å². The Balaban J connectivity index is 1.42. The lowest BCUT2D eigenvalue weighted by atomic mass is 9.96. The largest absolute Gasteiger partial charge is 0.497 e. The molecule has 35 heavy (non-hydrogen) atoms. The minimum absolute atomic E-state index is 0.158. The maximum Gasteiger partial charge on any atom is 0.318 e.